The Kier molecular flexibility index (Phi) is 4.59. The summed E-state index contributed by atoms with van der Waals surface area (Å²) in [5.41, 5.74) is 0.857. The molecule has 27 heavy (non-hydrogen) atoms. The second-order valence-corrected chi connectivity index (χ2v) is 10.8. The van der Waals surface area contributed by atoms with Crippen molar-refractivity contribution >= 4 is 11.6 Å². The molecule has 3 fully saturated rings. The van der Waals surface area contributed by atoms with Crippen molar-refractivity contribution in [2.24, 2.45) is 40.4 Å². The van der Waals surface area contributed by atoms with Crippen LogP contribution in [-0.4, -0.2) is 16.7 Å². The van der Waals surface area contributed by atoms with Crippen LogP contribution in [0.25, 0.3) is 0 Å². The van der Waals surface area contributed by atoms with E-state index in [0.29, 0.717) is 41.8 Å². The van der Waals surface area contributed by atoms with Gasteiger partial charge in [-0.3, -0.25) is 9.59 Å². The number of ketones is 2. The van der Waals surface area contributed by atoms with Gasteiger partial charge in [0.05, 0.1) is 0 Å². The molecule has 0 saturated heterocycles. The van der Waals surface area contributed by atoms with E-state index in [4.69, 9.17) is 0 Å². The van der Waals surface area contributed by atoms with E-state index in [1.54, 1.807) is 0 Å². The number of aliphatic hydroxyl groups is 1. The predicted octanol–water partition coefficient (Wildman–Crippen LogP) is 5.64. The van der Waals surface area contributed by atoms with E-state index in [1.165, 1.54) is 12.8 Å². The molecule has 4 rings (SSSR count). The van der Waals surface area contributed by atoms with Crippen LogP contribution in [0.2, 0.25) is 0 Å². The van der Waals surface area contributed by atoms with Crippen LogP contribution in [-0.2, 0) is 9.59 Å². The molecule has 0 bridgehead atoms. The number of hydrogen-bond donors (Lipinski definition) is 1. The van der Waals surface area contributed by atoms with Crippen molar-refractivity contribution in [3.8, 4) is 0 Å². The monoisotopic (exact) mass is 372 g/mol. The van der Waals surface area contributed by atoms with Gasteiger partial charge in [-0.25, -0.2) is 0 Å². The Morgan fingerprint density at radius 2 is 1.81 bits per heavy atom. The fourth-order valence-corrected chi connectivity index (χ4v) is 7.56. The molecule has 0 aromatic carbocycles. The van der Waals surface area contributed by atoms with Crippen LogP contribution in [0.3, 0.4) is 0 Å². The SMILES string of the molecule is CC(C)CCC1CC(=O)[C@@]2(C)CC[C@@H]3[C@@H](CCC4=C(O)C(=O)CC[C@@]43C)[C@H]12. The molecule has 3 saturated carbocycles. The lowest BCUT2D eigenvalue weighted by atomic mass is 9.46. The number of carbonyl (C=O) groups is 2. The molecule has 150 valence electrons. The number of rotatable bonds is 3. The van der Waals surface area contributed by atoms with E-state index in [9.17, 15) is 14.7 Å². The molecule has 0 spiro atoms. The summed E-state index contributed by atoms with van der Waals surface area (Å²) < 4.78 is 0. The molecule has 0 aliphatic heterocycles. The summed E-state index contributed by atoms with van der Waals surface area (Å²) in [6, 6.07) is 0. The molecule has 1 unspecified atom stereocenters. The average molecular weight is 373 g/mol. The van der Waals surface area contributed by atoms with Gasteiger partial charge in [-0.2, -0.15) is 0 Å². The Morgan fingerprint density at radius 1 is 1.07 bits per heavy atom. The Hall–Kier alpha value is -1.12. The molecule has 1 N–H and O–H groups in total. The number of allylic oxidation sites excluding steroid dienone is 1. The van der Waals surface area contributed by atoms with Gasteiger partial charge in [0, 0.05) is 18.3 Å². The average Bonchev–Trinajstić information content (AvgIpc) is 2.87. The maximum atomic E-state index is 13.0. The summed E-state index contributed by atoms with van der Waals surface area (Å²) in [7, 11) is 0. The highest BCUT2D eigenvalue weighted by Crippen LogP contribution is 2.66. The quantitative estimate of drug-likeness (QED) is 0.698. The number of Topliss-reactive ketones (excluding diaryl/α,β-unsaturated/α-hetero) is 2. The summed E-state index contributed by atoms with van der Waals surface area (Å²) >= 11 is 0. The minimum atomic E-state index is -0.132. The first-order valence-electron chi connectivity index (χ1n) is 11.2. The molecule has 0 radical (unpaired) electrons. The van der Waals surface area contributed by atoms with Crippen molar-refractivity contribution in [2.45, 2.75) is 85.5 Å². The second-order valence-electron chi connectivity index (χ2n) is 10.8. The number of hydrogen-bond acceptors (Lipinski definition) is 3. The molecule has 4 aliphatic rings. The highest BCUT2D eigenvalue weighted by atomic mass is 16.3. The number of fused-ring (bicyclic) bond motifs is 5. The maximum Gasteiger partial charge on any atom is 0.197 e. The first-order valence-corrected chi connectivity index (χ1v) is 11.2. The summed E-state index contributed by atoms with van der Waals surface area (Å²) in [5.74, 6) is 3.33. The zero-order valence-corrected chi connectivity index (χ0v) is 17.5. The topological polar surface area (TPSA) is 54.4 Å². The highest BCUT2D eigenvalue weighted by Gasteiger charge is 2.62. The summed E-state index contributed by atoms with van der Waals surface area (Å²) in [6.07, 6.45) is 8.46. The van der Waals surface area contributed by atoms with E-state index >= 15 is 0 Å². The molecule has 6 atom stereocenters. The lowest BCUT2D eigenvalue weighted by Gasteiger charge is -2.57. The predicted molar refractivity (Wildman–Crippen MR) is 106 cm³/mol. The van der Waals surface area contributed by atoms with Gasteiger partial charge in [0.2, 0.25) is 0 Å². The van der Waals surface area contributed by atoms with E-state index < -0.39 is 0 Å². The molecule has 3 nitrogen and oxygen atoms in total. The van der Waals surface area contributed by atoms with Crippen LogP contribution in [0.5, 0.6) is 0 Å². The van der Waals surface area contributed by atoms with Crippen molar-refractivity contribution in [2.75, 3.05) is 0 Å². The van der Waals surface area contributed by atoms with E-state index in [1.807, 2.05) is 0 Å². The molecule has 0 aromatic rings. The standard InChI is InChI=1S/C24H36O3/c1-14(2)5-6-15-13-20(26)24(4)11-9-17-16(21(15)24)7-8-18-22(27)19(25)10-12-23(17,18)3/h14-17,21,27H,5-13H2,1-4H3/t15?,16-,17-,21+,23-,24-/m1/s1. The van der Waals surface area contributed by atoms with Crippen LogP contribution in [0.15, 0.2) is 11.3 Å². The molecule has 0 heterocycles. The summed E-state index contributed by atoms with van der Waals surface area (Å²) in [4.78, 5) is 25.1. The number of aliphatic hydroxyl groups excluding tert-OH is 1. The van der Waals surface area contributed by atoms with E-state index in [0.717, 1.165) is 44.1 Å². The third-order valence-electron chi connectivity index (χ3n) is 9.05. The molecule has 0 aromatic heterocycles. The van der Waals surface area contributed by atoms with Crippen molar-refractivity contribution in [1.29, 1.82) is 0 Å². The van der Waals surface area contributed by atoms with Gasteiger partial charge in [-0.05, 0) is 79.1 Å². The third kappa shape index (κ3) is 2.75. The highest BCUT2D eigenvalue weighted by molar-refractivity contribution is 5.95. The fraction of sp³-hybridized carbons (Fsp3) is 0.833. The van der Waals surface area contributed by atoms with Gasteiger partial charge in [-0.15, -0.1) is 0 Å². The van der Waals surface area contributed by atoms with Gasteiger partial charge in [0.25, 0.3) is 0 Å². The van der Waals surface area contributed by atoms with E-state index in [2.05, 4.69) is 27.7 Å². The van der Waals surface area contributed by atoms with Crippen molar-refractivity contribution in [1.82, 2.24) is 0 Å². The summed E-state index contributed by atoms with van der Waals surface area (Å²) in [6.45, 7) is 9.10. The van der Waals surface area contributed by atoms with Crippen LogP contribution >= 0.6 is 0 Å². The van der Waals surface area contributed by atoms with Gasteiger partial charge in [-0.1, -0.05) is 34.1 Å². The van der Waals surface area contributed by atoms with Gasteiger partial charge < -0.3 is 5.11 Å². The molecule has 4 aliphatic carbocycles. The van der Waals surface area contributed by atoms with Crippen molar-refractivity contribution < 1.29 is 14.7 Å². The first kappa shape index (κ1) is 19.2. The lowest BCUT2D eigenvalue weighted by molar-refractivity contribution is -0.133. The van der Waals surface area contributed by atoms with Crippen LogP contribution in [0.4, 0.5) is 0 Å². The van der Waals surface area contributed by atoms with Crippen LogP contribution in [0.1, 0.15) is 85.5 Å². The molecular formula is C24H36O3. The maximum absolute atomic E-state index is 13.0. The fourth-order valence-electron chi connectivity index (χ4n) is 7.56. The van der Waals surface area contributed by atoms with Gasteiger partial charge in [0.15, 0.2) is 11.5 Å². The molecular weight excluding hydrogens is 336 g/mol. The largest absolute Gasteiger partial charge is 0.504 e. The second kappa shape index (κ2) is 6.46. The summed E-state index contributed by atoms with van der Waals surface area (Å²) in [5, 5.41) is 10.5. The Labute approximate surface area is 164 Å². The minimum Gasteiger partial charge on any atom is -0.504 e. The Morgan fingerprint density at radius 3 is 2.52 bits per heavy atom. The van der Waals surface area contributed by atoms with Crippen molar-refractivity contribution in [3.05, 3.63) is 11.3 Å². The van der Waals surface area contributed by atoms with Gasteiger partial charge in [0.1, 0.15) is 5.78 Å². The Balaban J connectivity index is 1.68. The zero-order valence-electron chi connectivity index (χ0n) is 17.5. The Bertz CT molecular complexity index is 690. The normalized spacial score (nSPS) is 44.3. The van der Waals surface area contributed by atoms with Gasteiger partial charge >= 0.3 is 0 Å². The smallest absolute Gasteiger partial charge is 0.197 e. The zero-order chi connectivity index (χ0) is 19.6. The van der Waals surface area contributed by atoms with E-state index in [-0.39, 0.29) is 22.4 Å². The number of carbonyl (C=O) groups excluding carboxylic acids is 2. The lowest BCUT2D eigenvalue weighted by Crippen LogP contribution is -2.52. The molecule has 3 heteroatoms. The molecule has 0 amide bonds. The third-order valence-corrected chi connectivity index (χ3v) is 9.05. The van der Waals surface area contributed by atoms with Crippen molar-refractivity contribution in [3.63, 3.8) is 0 Å². The minimum absolute atomic E-state index is 0.0452. The van der Waals surface area contributed by atoms with Crippen LogP contribution < -0.4 is 0 Å². The van der Waals surface area contributed by atoms with Crippen LogP contribution in [0, 0.1) is 40.4 Å². The first-order chi connectivity index (χ1) is 12.7.